The van der Waals surface area contributed by atoms with Crippen LogP contribution in [0, 0.1) is 0 Å². The topological polar surface area (TPSA) is 71.3 Å². The summed E-state index contributed by atoms with van der Waals surface area (Å²) < 4.78 is 5.81. The largest absolute Gasteiger partial charge is 0.424 e. The van der Waals surface area contributed by atoms with Crippen LogP contribution in [0.25, 0.3) is 11.1 Å². The molecule has 0 saturated heterocycles. The van der Waals surface area contributed by atoms with Gasteiger partial charge in [0.1, 0.15) is 5.52 Å². The molecule has 2 aromatic heterocycles. The van der Waals surface area contributed by atoms with Gasteiger partial charge in [0, 0.05) is 35.2 Å². The van der Waals surface area contributed by atoms with Crippen molar-refractivity contribution in [3.05, 3.63) is 119 Å². The summed E-state index contributed by atoms with van der Waals surface area (Å²) in [5, 5.41) is 3.84. The van der Waals surface area contributed by atoms with Gasteiger partial charge in [-0.15, -0.1) is 0 Å². The lowest BCUT2D eigenvalue weighted by atomic mass is 10.1. The number of pyridine rings is 1. The number of carbonyl (C=O) groups excluding carboxylic acids is 1. The van der Waals surface area contributed by atoms with Gasteiger partial charge in [0.05, 0.1) is 6.54 Å². The van der Waals surface area contributed by atoms with Crippen molar-refractivity contribution in [2.24, 2.45) is 0 Å². The molecule has 0 fully saturated rings. The van der Waals surface area contributed by atoms with Crippen molar-refractivity contribution in [3.63, 3.8) is 0 Å². The average Bonchev–Trinajstić information content (AvgIpc) is 3.29. The van der Waals surface area contributed by atoms with E-state index in [1.807, 2.05) is 66.7 Å². The van der Waals surface area contributed by atoms with E-state index in [9.17, 15) is 4.79 Å². The third-order valence-electron chi connectivity index (χ3n) is 5.34. The zero-order chi connectivity index (χ0) is 23.3. The van der Waals surface area contributed by atoms with E-state index in [2.05, 4.69) is 15.3 Å². The van der Waals surface area contributed by atoms with Crippen LogP contribution in [0.2, 0.25) is 5.02 Å². The van der Waals surface area contributed by atoms with Gasteiger partial charge < -0.3 is 14.6 Å². The maximum atomic E-state index is 13.6. The molecule has 5 aromatic rings. The molecule has 0 spiro atoms. The summed E-state index contributed by atoms with van der Waals surface area (Å²) in [5.41, 5.74) is 4.49. The average molecular weight is 469 g/mol. The van der Waals surface area contributed by atoms with Crippen molar-refractivity contribution >= 4 is 40.3 Å². The molecule has 0 unspecified atom stereocenters. The van der Waals surface area contributed by atoms with Gasteiger partial charge >= 0.3 is 0 Å². The highest BCUT2D eigenvalue weighted by Gasteiger charge is 2.19. The summed E-state index contributed by atoms with van der Waals surface area (Å²) in [5.74, 6) is -0.131. The van der Waals surface area contributed by atoms with Crippen LogP contribution in [0.1, 0.15) is 21.5 Å². The second-order valence-corrected chi connectivity index (χ2v) is 8.21. The van der Waals surface area contributed by atoms with Crippen LogP contribution in [0.15, 0.2) is 102 Å². The number of para-hydroxylation sites is 1. The van der Waals surface area contributed by atoms with Crippen molar-refractivity contribution in [1.29, 1.82) is 0 Å². The maximum absolute atomic E-state index is 13.6. The van der Waals surface area contributed by atoms with Crippen LogP contribution < -0.4 is 10.2 Å². The van der Waals surface area contributed by atoms with Gasteiger partial charge in [0.15, 0.2) is 5.58 Å². The minimum Gasteiger partial charge on any atom is -0.424 e. The summed E-state index contributed by atoms with van der Waals surface area (Å²) in [7, 11) is 0. The zero-order valence-corrected chi connectivity index (χ0v) is 18.9. The first-order valence-electron chi connectivity index (χ1n) is 10.8. The molecule has 34 heavy (non-hydrogen) atoms. The lowest BCUT2D eigenvalue weighted by Crippen LogP contribution is -2.30. The fraction of sp³-hybridized carbons (Fsp3) is 0.0741. The highest BCUT2D eigenvalue weighted by molar-refractivity contribution is 6.30. The summed E-state index contributed by atoms with van der Waals surface area (Å²) in [6.07, 6.45) is 3.48. The van der Waals surface area contributed by atoms with Crippen LogP contribution in [-0.2, 0) is 13.1 Å². The minimum atomic E-state index is -0.131. The molecule has 6 nitrogen and oxygen atoms in total. The number of benzene rings is 3. The summed E-state index contributed by atoms with van der Waals surface area (Å²) >= 11 is 6.05. The van der Waals surface area contributed by atoms with E-state index in [1.165, 1.54) is 0 Å². The fourth-order valence-corrected chi connectivity index (χ4v) is 3.89. The van der Waals surface area contributed by atoms with Gasteiger partial charge in [0.2, 0.25) is 0 Å². The minimum absolute atomic E-state index is 0.131. The third-order valence-corrected chi connectivity index (χ3v) is 5.58. The first kappa shape index (κ1) is 21.7. The Bertz CT molecular complexity index is 1420. The molecule has 0 aliphatic heterocycles. The van der Waals surface area contributed by atoms with Crippen LogP contribution >= 0.6 is 11.6 Å². The lowest BCUT2D eigenvalue weighted by molar-refractivity contribution is 0.0985. The SMILES string of the molecule is O=C(c1ccc2oc(NCc3cccc(Cl)c3)nc2c1)N(Cc1cccnc1)c1ccccc1. The maximum Gasteiger partial charge on any atom is 0.295 e. The van der Waals surface area contributed by atoms with Crippen molar-refractivity contribution in [1.82, 2.24) is 9.97 Å². The molecule has 2 heterocycles. The van der Waals surface area contributed by atoms with Crippen LogP contribution in [0.4, 0.5) is 11.7 Å². The summed E-state index contributed by atoms with van der Waals surface area (Å²) in [6.45, 7) is 0.923. The van der Waals surface area contributed by atoms with E-state index in [-0.39, 0.29) is 5.91 Å². The smallest absolute Gasteiger partial charge is 0.295 e. The van der Waals surface area contributed by atoms with E-state index in [0.717, 1.165) is 16.8 Å². The van der Waals surface area contributed by atoms with E-state index >= 15 is 0 Å². The summed E-state index contributed by atoms with van der Waals surface area (Å²) in [6, 6.07) is 26.7. The van der Waals surface area contributed by atoms with Crippen LogP contribution in [0.3, 0.4) is 0 Å². The van der Waals surface area contributed by atoms with Crippen molar-refractivity contribution in [2.45, 2.75) is 13.1 Å². The van der Waals surface area contributed by atoms with Crippen LogP contribution in [-0.4, -0.2) is 15.9 Å². The molecule has 1 N–H and O–H groups in total. The Kier molecular flexibility index (Phi) is 6.23. The molecular weight excluding hydrogens is 448 g/mol. The molecule has 0 radical (unpaired) electrons. The molecule has 3 aromatic carbocycles. The van der Waals surface area contributed by atoms with Crippen molar-refractivity contribution < 1.29 is 9.21 Å². The van der Waals surface area contributed by atoms with E-state index < -0.39 is 0 Å². The number of amides is 1. The number of hydrogen-bond acceptors (Lipinski definition) is 5. The Labute approximate surface area is 201 Å². The molecule has 0 saturated carbocycles. The van der Waals surface area contributed by atoms with Gasteiger partial charge in [-0.25, -0.2) is 0 Å². The van der Waals surface area contributed by atoms with E-state index in [0.29, 0.717) is 40.8 Å². The van der Waals surface area contributed by atoms with Crippen LogP contribution in [0.5, 0.6) is 0 Å². The van der Waals surface area contributed by atoms with E-state index in [4.69, 9.17) is 16.0 Å². The number of rotatable bonds is 7. The number of halogens is 1. The molecule has 0 bridgehead atoms. The molecule has 0 atom stereocenters. The lowest BCUT2D eigenvalue weighted by Gasteiger charge is -2.23. The predicted molar refractivity (Wildman–Crippen MR) is 134 cm³/mol. The number of aromatic nitrogens is 2. The van der Waals surface area contributed by atoms with Gasteiger partial charge in [-0.05, 0) is 59.7 Å². The number of fused-ring (bicyclic) bond motifs is 1. The predicted octanol–water partition coefficient (Wildman–Crippen LogP) is 6.34. The van der Waals surface area contributed by atoms with Crippen molar-refractivity contribution in [3.8, 4) is 0 Å². The molecule has 168 valence electrons. The Morgan fingerprint density at radius 1 is 0.941 bits per heavy atom. The normalized spacial score (nSPS) is 10.9. The third kappa shape index (κ3) is 4.92. The highest BCUT2D eigenvalue weighted by Crippen LogP contribution is 2.24. The summed E-state index contributed by atoms with van der Waals surface area (Å²) in [4.78, 5) is 24.0. The standard InChI is InChI=1S/C27H21ClN4O2/c28-22-8-4-6-19(14-22)17-30-27-31-24-15-21(11-12-25(24)34-27)26(33)32(23-9-2-1-3-10-23)18-20-7-5-13-29-16-20/h1-16H,17-18H2,(H,30,31). The number of anilines is 2. The first-order chi connectivity index (χ1) is 16.7. The number of oxazole rings is 1. The highest BCUT2D eigenvalue weighted by atomic mass is 35.5. The molecule has 7 heteroatoms. The molecule has 0 aliphatic rings. The molecule has 1 amide bonds. The van der Waals surface area contributed by atoms with Gasteiger partial charge in [-0.1, -0.05) is 48.0 Å². The number of carbonyl (C=O) groups is 1. The Balaban J connectivity index is 1.39. The number of nitrogens with zero attached hydrogens (tertiary/aromatic N) is 3. The Morgan fingerprint density at radius 3 is 2.59 bits per heavy atom. The van der Waals surface area contributed by atoms with Gasteiger partial charge in [-0.3, -0.25) is 9.78 Å². The van der Waals surface area contributed by atoms with Gasteiger partial charge in [0.25, 0.3) is 11.9 Å². The molecular formula is C27H21ClN4O2. The van der Waals surface area contributed by atoms with Crippen molar-refractivity contribution in [2.75, 3.05) is 10.2 Å². The first-order valence-corrected chi connectivity index (χ1v) is 11.2. The fourth-order valence-electron chi connectivity index (χ4n) is 3.68. The number of nitrogens with one attached hydrogen (secondary N) is 1. The molecule has 5 rings (SSSR count). The van der Waals surface area contributed by atoms with E-state index in [1.54, 1.807) is 35.5 Å². The monoisotopic (exact) mass is 468 g/mol. The number of hydrogen-bond donors (Lipinski definition) is 1. The molecule has 0 aliphatic carbocycles. The quantitative estimate of drug-likeness (QED) is 0.302. The van der Waals surface area contributed by atoms with Gasteiger partial charge in [-0.2, -0.15) is 4.98 Å². The Morgan fingerprint density at radius 2 is 1.79 bits per heavy atom. The zero-order valence-electron chi connectivity index (χ0n) is 18.2. The Hall–Kier alpha value is -4.16. The second-order valence-electron chi connectivity index (χ2n) is 7.77. The second kappa shape index (κ2) is 9.77.